The molecule has 0 saturated carbocycles. The molecule has 1 aromatic carbocycles. The third-order valence-electron chi connectivity index (χ3n) is 4.75. The molecule has 1 atom stereocenters. The molecule has 1 aliphatic heterocycles. The summed E-state index contributed by atoms with van der Waals surface area (Å²) in [5, 5.41) is 11.8. The Kier molecular flexibility index (Phi) is 6.99. The second-order valence-corrected chi connectivity index (χ2v) is 8.40. The number of nitrogens with one attached hydrogen (secondary N) is 1. The number of hydrogen-bond acceptors (Lipinski definition) is 3. The van der Waals surface area contributed by atoms with Crippen LogP contribution in [0.15, 0.2) is 24.3 Å². The van der Waals surface area contributed by atoms with Crippen LogP contribution >= 0.6 is 0 Å². The summed E-state index contributed by atoms with van der Waals surface area (Å²) in [5.41, 5.74) is 1.06. The predicted molar refractivity (Wildman–Crippen MR) is 104 cm³/mol. The van der Waals surface area contributed by atoms with E-state index in [1.54, 1.807) is 29.2 Å². The number of hydrogen-bond donors (Lipinski definition) is 2. The van der Waals surface area contributed by atoms with Gasteiger partial charge in [-0.05, 0) is 55.4 Å². The number of nitrogens with zero attached hydrogens (tertiary/aromatic N) is 1. The zero-order valence-electron chi connectivity index (χ0n) is 16.5. The first kappa shape index (κ1) is 20.9. The van der Waals surface area contributed by atoms with Gasteiger partial charge in [-0.1, -0.05) is 20.8 Å². The lowest BCUT2D eigenvalue weighted by atomic mass is 9.96. The molecule has 2 rings (SSSR count). The molecule has 1 fully saturated rings. The first-order valence-electron chi connectivity index (χ1n) is 9.58. The maximum absolute atomic E-state index is 12.9. The molecule has 0 bridgehead atoms. The van der Waals surface area contributed by atoms with Gasteiger partial charge in [0.05, 0.1) is 0 Å². The Hall–Kier alpha value is -2.37. The van der Waals surface area contributed by atoms with E-state index in [1.807, 2.05) is 0 Å². The second-order valence-electron chi connectivity index (χ2n) is 8.40. The highest BCUT2D eigenvalue weighted by Gasteiger charge is 2.27. The predicted octanol–water partition coefficient (Wildman–Crippen LogP) is 3.32. The molecule has 1 heterocycles. The lowest BCUT2D eigenvalue weighted by Gasteiger charge is -2.35. The standard InChI is InChI=1S/C21H30N2O4/c1-21(2,3)14-22-19(26)15-7-9-16(10-8-15)20(27)23-13-5-4-6-17(23)11-12-18(24)25/h7-10,17H,4-6,11-14H2,1-3H3,(H,22,26)(H,24,25). The molecule has 148 valence electrons. The summed E-state index contributed by atoms with van der Waals surface area (Å²) >= 11 is 0. The maximum Gasteiger partial charge on any atom is 0.303 e. The molecule has 0 aliphatic carbocycles. The Balaban J connectivity index is 2.03. The molecule has 2 amide bonds. The van der Waals surface area contributed by atoms with E-state index >= 15 is 0 Å². The number of aliphatic carboxylic acids is 1. The molecule has 1 aliphatic rings. The van der Waals surface area contributed by atoms with Crippen molar-refractivity contribution in [1.29, 1.82) is 0 Å². The molecule has 0 spiro atoms. The van der Waals surface area contributed by atoms with Crippen LogP contribution in [0.25, 0.3) is 0 Å². The van der Waals surface area contributed by atoms with Gasteiger partial charge in [-0.3, -0.25) is 14.4 Å². The van der Waals surface area contributed by atoms with Gasteiger partial charge in [-0.25, -0.2) is 0 Å². The zero-order chi connectivity index (χ0) is 20.0. The van der Waals surface area contributed by atoms with Gasteiger partial charge >= 0.3 is 5.97 Å². The van der Waals surface area contributed by atoms with Crippen LogP contribution in [0, 0.1) is 5.41 Å². The Morgan fingerprint density at radius 3 is 2.33 bits per heavy atom. The van der Waals surface area contributed by atoms with Crippen molar-refractivity contribution < 1.29 is 19.5 Å². The van der Waals surface area contributed by atoms with E-state index in [4.69, 9.17) is 5.11 Å². The van der Waals surface area contributed by atoms with Gasteiger partial charge in [-0.2, -0.15) is 0 Å². The molecular formula is C21H30N2O4. The Morgan fingerprint density at radius 2 is 1.74 bits per heavy atom. The van der Waals surface area contributed by atoms with Crippen LogP contribution < -0.4 is 5.32 Å². The molecule has 1 saturated heterocycles. The Morgan fingerprint density at radius 1 is 1.11 bits per heavy atom. The lowest BCUT2D eigenvalue weighted by Crippen LogP contribution is -2.44. The number of piperidine rings is 1. The van der Waals surface area contributed by atoms with Gasteiger partial charge < -0.3 is 15.3 Å². The fourth-order valence-corrected chi connectivity index (χ4v) is 3.24. The number of carbonyl (C=O) groups excluding carboxylic acids is 2. The highest BCUT2D eigenvalue weighted by Crippen LogP contribution is 2.23. The van der Waals surface area contributed by atoms with E-state index in [1.165, 1.54) is 0 Å². The Labute approximate surface area is 160 Å². The molecule has 6 heteroatoms. The highest BCUT2D eigenvalue weighted by atomic mass is 16.4. The topological polar surface area (TPSA) is 86.7 Å². The summed E-state index contributed by atoms with van der Waals surface area (Å²) in [6.07, 6.45) is 3.34. The molecule has 0 aromatic heterocycles. The van der Waals surface area contributed by atoms with Gasteiger partial charge in [0.2, 0.25) is 0 Å². The minimum Gasteiger partial charge on any atom is -0.481 e. The molecule has 1 aromatic rings. The highest BCUT2D eigenvalue weighted by molar-refractivity contribution is 5.98. The Bertz CT molecular complexity index is 676. The number of benzene rings is 1. The van der Waals surface area contributed by atoms with Crippen LogP contribution in [0.5, 0.6) is 0 Å². The zero-order valence-corrected chi connectivity index (χ0v) is 16.5. The molecule has 6 nitrogen and oxygen atoms in total. The van der Waals surface area contributed by atoms with Gasteiger partial charge in [0, 0.05) is 36.7 Å². The lowest BCUT2D eigenvalue weighted by molar-refractivity contribution is -0.137. The largest absolute Gasteiger partial charge is 0.481 e. The van der Waals surface area contributed by atoms with E-state index in [2.05, 4.69) is 26.1 Å². The molecule has 0 radical (unpaired) electrons. The van der Waals surface area contributed by atoms with Gasteiger partial charge in [0.25, 0.3) is 11.8 Å². The number of amides is 2. The number of carboxylic acid groups (broad SMARTS) is 1. The first-order valence-corrected chi connectivity index (χ1v) is 9.58. The minimum absolute atomic E-state index is 0.00476. The summed E-state index contributed by atoms with van der Waals surface area (Å²) in [7, 11) is 0. The van der Waals surface area contributed by atoms with E-state index in [0.717, 1.165) is 19.3 Å². The number of carbonyl (C=O) groups is 3. The van der Waals surface area contributed by atoms with Gasteiger partial charge in [0.15, 0.2) is 0 Å². The van der Waals surface area contributed by atoms with E-state index in [0.29, 0.717) is 30.6 Å². The van der Waals surface area contributed by atoms with Crippen LogP contribution in [0.2, 0.25) is 0 Å². The molecule has 27 heavy (non-hydrogen) atoms. The SMILES string of the molecule is CC(C)(C)CNC(=O)c1ccc(C(=O)N2CCCCC2CCC(=O)O)cc1. The van der Waals surface area contributed by atoms with Crippen LogP contribution in [0.4, 0.5) is 0 Å². The summed E-state index contributed by atoms with van der Waals surface area (Å²) in [5.74, 6) is -1.08. The smallest absolute Gasteiger partial charge is 0.303 e. The van der Waals surface area contributed by atoms with Gasteiger partial charge in [0.1, 0.15) is 0 Å². The summed E-state index contributed by atoms with van der Waals surface area (Å²) < 4.78 is 0. The van der Waals surface area contributed by atoms with Crippen LogP contribution in [0.1, 0.15) is 73.6 Å². The number of rotatable bonds is 6. The third-order valence-corrected chi connectivity index (χ3v) is 4.75. The van der Waals surface area contributed by atoms with E-state index < -0.39 is 5.97 Å². The summed E-state index contributed by atoms with van der Waals surface area (Å²) in [6, 6.07) is 6.66. The van der Waals surface area contributed by atoms with Crippen molar-refractivity contribution in [3.8, 4) is 0 Å². The quantitative estimate of drug-likeness (QED) is 0.800. The number of likely N-dealkylation sites (tertiary alicyclic amines) is 1. The average molecular weight is 374 g/mol. The average Bonchev–Trinajstić information content (AvgIpc) is 2.63. The van der Waals surface area contributed by atoms with Crippen molar-refractivity contribution >= 4 is 17.8 Å². The van der Waals surface area contributed by atoms with Crippen LogP contribution in [-0.4, -0.2) is 46.9 Å². The van der Waals surface area contributed by atoms with Crippen LogP contribution in [0.3, 0.4) is 0 Å². The van der Waals surface area contributed by atoms with Crippen molar-refractivity contribution in [3.05, 3.63) is 35.4 Å². The van der Waals surface area contributed by atoms with E-state index in [9.17, 15) is 14.4 Å². The molecule has 1 unspecified atom stereocenters. The van der Waals surface area contributed by atoms with Crippen molar-refractivity contribution in [3.63, 3.8) is 0 Å². The fourth-order valence-electron chi connectivity index (χ4n) is 3.24. The third kappa shape index (κ3) is 6.38. The van der Waals surface area contributed by atoms with Crippen molar-refractivity contribution in [2.75, 3.05) is 13.1 Å². The number of carboxylic acids is 1. The monoisotopic (exact) mass is 374 g/mol. The van der Waals surface area contributed by atoms with Crippen molar-refractivity contribution in [2.45, 2.75) is 58.9 Å². The fraction of sp³-hybridized carbons (Fsp3) is 0.571. The normalized spacial score (nSPS) is 17.4. The van der Waals surface area contributed by atoms with E-state index in [-0.39, 0.29) is 29.7 Å². The maximum atomic E-state index is 12.9. The minimum atomic E-state index is -0.835. The summed E-state index contributed by atoms with van der Waals surface area (Å²) in [6.45, 7) is 7.37. The molecular weight excluding hydrogens is 344 g/mol. The van der Waals surface area contributed by atoms with Crippen molar-refractivity contribution in [1.82, 2.24) is 10.2 Å². The second kappa shape index (κ2) is 9.02. The first-order chi connectivity index (χ1) is 12.7. The van der Waals surface area contributed by atoms with Gasteiger partial charge in [-0.15, -0.1) is 0 Å². The summed E-state index contributed by atoms with van der Waals surface area (Å²) in [4.78, 5) is 37.7. The molecule has 2 N–H and O–H groups in total. The van der Waals surface area contributed by atoms with Crippen molar-refractivity contribution in [2.24, 2.45) is 5.41 Å². The van der Waals surface area contributed by atoms with Crippen LogP contribution in [-0.2, 0) is 4.79 Å².